The minimum absolute atomic E-state index is 0. The SMILES string of the molecule is CN(C)C(=O)CNC(=NCc1ccccc1)NCc1ccc(COC2CCOCC2)cc1.I. The van der Waals surface area contributed by atoms with E-state index in [0.717, 1.165) is 42.7 Å². The van der Waals surface area contributed by atoms with E-state index in [1.54, 1.807) is 19.0 Å². The zero-order chi connectivity index (χ0) is 22.6. The van der Waals surface area contributed by atoms with E-state index in [4.69, 9.17) is 9.47 Å². The van der Waals surface area contributed by atoms with Crippen LogP contribution in [0.1, 0.15) is 29.5 Å². The summed E-state index contributed by atoms with van der Waals surface area (Å²) in [5, 5.41) is 6.45. The normalized spacial score (nSPS) is 14.3. The average Bonchev–Trinajstić information content (AvgIpc) is 2.84. The molecule has 1 heterocycles. The average molecular weight is 566 g/mol. The van der Waals surface area contributed by atoms with E-state index in [9.17, 15) is 4.79 Å². The van der Waals surface area contributed by atoms with Crippen molar-refractivity contribution in [1.29, 1.82) is 0 Å². The van der Waals surface area contributed by atoms with Crippen molar-refractivity contribution >= 4 is 35.8 Å². The molecule has 0 saturated carbocycles. The van der Waals surface area contributed by atoms with E-state index in [0.29, 0.717) is 31.8 Å². The molecule has 1 aliphatic heterocycles. The van der Waals surface area contributed by atoms with Crippen LogP contribution in [0.2, 0.25) is 0 Å². The summed E-state index contributed by atoms with van der Waals surface area (Å²) < 4.78 is 11.4. The Morgan fingerprint density at radius 3 is 2.33 bits per heavy atom. The van der Waals surface area contributed by atoms with Crippen molar-refractivity contribution in [2.75, 3.05) is 33.9 Å². The number of amides is 1. The quantitative estimate of drug-likeness (QED) is 0.277. The second-order valence-electron chi connectivity index (χ2n) is 8.08. The maximum atomic E-state index is 12.0. The third-order valence-corrected chi connectivity index (χ3v) is 5.31. The fourth-order valence-electron chi connectivity index (χ4n) is 3.24. The van der Waals surface area contributed by atoms with Crippen LogP contribution >= 0.6 is 24.0 Å². The first-order valence-corrected chi connectivity index (χ1v) is 11.1. The molecule has 0 spiro atoms. The molecule has 0 aromatic heterocycles. The molecule has 0 unspecified atom stereocenters. The number of carbonyl (C=O) groups is 1. The van der Waals surface area contributed by atoms with Crippen molar-refractivity contribution in [3.05, 3.63) is 71.3 Å². The van der Waals surface area contributed by atoms with Crippen molar-refractivity contribution < 1.29 is 14.3 Å². The molecule has 1 amide bonds. The van der Waals surface area contributed by atoms with E-state index in [1.165, 1.54) is 0 Å². The molecule has 1 aliphatic rings. The van der Waals surface area contributed by atoms with Gasteiger partial charge in [-0.05, 0) is 29.5 Å². The number of benzene rings is 2. The van der Waals surface area contributed by atoms with Gasteiger partial charge in [0, 0.05) is 33.9 Å². The molecule has 0 radical (unpaired) electrons. The van der Waals surface area contributed by atoms with Crippen molar-refractivity contribution in [2.45, 2.75) is 38.6 Å². The number of nitrogens with zero attached hydrogens (tertiary/aromatic N) is 2. The Labute approximate surface area is 214 Å². The number of aliphatic imine (C=N–C) groups is 1. The van der Waals surface area contributed by atoms with E-state index < -0.39 is 0 Å². The number of halogens is 1. The number of ether oxygens (including phenoxy) is 2. The summed E-state index contributed by atoms with van der Waals surface area (Å²) >= 11 is 0. The van der Waals surface area contributed by atoms with Crippen LogP contribution in [0.4, 0.5) is 0 Å². The van der Waals surface area contributed by atoms with Gasteiger partial charge in [0.1, 0.15) is 0 Å². The van der Waals surface area contributed by atoms with E-state index >= 15 is 0 Å². The fraction of sp³-hybridized carbons (Fsp3) is 0.440. The van der Waals surface area contributed by atoms with Gasteiger partial charge in [0.2, 0.25) is 5.91 Å². The number of hydrogen-bond donors (Lipinski definition) is 2. The molecule has 7 nitrogen and oxygen atoms in total. The molecule has 180 valence electrons. The van der Waals surface area contributed by atoms with Crippen LogP contribution in [-0.4, -0.2) is 56.7 Å². The standard InChI is InChI=1S/C25H34N4O3.HI/c1-29(2)24(30)18-28-25(26-16-20-6-4-3-5-7-20)27-17-21-8-10-22(11-9-21)19-32-23-12-14-31-15-13-23;/h3-11,23H,12-19H2,1-2H3,(H2,26,27,28);1H. The summed E-state index contributed by atoms with van der Waals surface area (Å²) in [6, 6.07) is 18.4. The molecular weight excluding hydrogens is 531 g/mol. The summed E-state index contributed by atoms with van der Waals surface area (Å²) in [6.45, 7) is 3.54. The van der Waals surface area contributed by atoms with Gasteiger partial charge < -0.3 is 25.0 Å². The Kier molecular flexibility index (Phi) is 12.2. The van der Waals surface area contributed by atoms with E-state index in [2.05, 4.69) is 39.9 Å². The van der Waals surface area contributed by atoms with Gasteiger partial charge in [-0.1, -0.05) is 54.6 Å². The Balaban J connectivity index is 0.00000385. The van der Waals surface area contributed by atoms with Gasteiger partial charge in [0.15, 0.2) is 5.96 Å². The molecule has 2 aromatic carbocycles. The predicted octanol–water partition coefficient (Wildman–Crippen LogP) is 3.32. The summed E-state index contributed by atoms with van der Waals surface area (Å²) in [7, 11) is 3.48. The monoisotopic (exact) mass is 566 g/mol. The third-order valence-electron chi connectivity index (χ3n) is 5.31. The Morgan fingerprint density at radius 1 is 1.00 bits per heavy atom. The second-order valence-corrected chi connectivity index (χ2v) is 8.08. The first-order valence-electron chi connectivity index (χ1n) is 11.1. The lowest BCUT2D eigenvalue weighted by Crippen LogP contribution is -2.42. The summed E-state index contributed by atoms with van der Waals surface area (Å²) in [4.78, 5) is 18.2. The lowest BCUT2D eigenvalue weighted by Gasteiger charge is -2.22. The molecule has 0 atom stereocenters. The van der Waals surface area contributed by atoms with Crippen molar-refractivity contribution in [3.8, 4) is 0 Å². The van der Waals surface area contributed by atoms with Crippen LogP contribution in [0.5, 0.6) is 0 Å². The Morgan fingerprint density at radius 2 is 1.67 bits per heavy atom. The van der Waals surface area contributed by atoms with Crippen LogP contribution in [0, 0.1) is 0 Å². The highest BCUT2D eigenvalue weighted by Gasteiger charge is 2.14. The Bertz CT molecular complexity index is 854. The number of likely N-dealkylation sites (N-methyl/N-ethyl adjacent to an activating group) is 1. The van der Waals surface area contributed by atoms with Crippen LogP contribution in [0.15, 0.2) is 59.6 Å². The van der Waals surface area contributed by atoms with Crippen molar-refractivity contribution in [3.63, 3.8) is 0 Å². The fourth-order valence-corrected chi connectivity index (χ4v) is 3.24. The molecule has 8 heteroatoms. The molecule has 2 aromatic rings. The van der Waals surface area contributed by atoms with Gasteiger partial charge in [-0.25, -0.2) is 4.99 Å². The van der Waals surface area contributed by atoms with Gasteiger partial charge in [-0.3, -0.25) is 4.79 Å². The second kappa shape index (κ2) is 14.9. The zero-order valence-corrected chi connectivity index (χ0v) is 21.8. The largest absolute Gasteiger partial charge is 0.381 e. The van der Waals surface area contributed by atoms with Gasteiger partial charge in [-0.15, -0.1) is 24.0 Å². The highest BCUT2D eigenvalue weighted by Crippen LogP contribution is 2.14. The number of rotatable bonds is 9. The highest BCUT2D eigenvalue weighted by atomic mass is 127. The highest BCUT2D eigenvalue weighted by molar-refractivity contribution is 14.0. The van der Waals surface area contributed by atoms with Gasteiger partial charge in [0.25, 0.3) is 0 Å². The lowest BCUT2D eigenvalue weighted by molar-refractivity contribution is -0.127. The molecular formula is C25H35IN4O3. The molecule has 33 heavy (non-hydrogen) atoms. The maximum absolute atomic E-state index is 12.0. The maximum Gasteiger partial charge on any atom is 0.241 e. The summed E-state index contributed by atoms with van der Waals surface area (Å²) in [6.07, 6.45) is 2.23. The minimum atomic E-state index is -0.00640. The topological polar surface area (TPSA) is 75.2 Å². The molecule has 1 fully saturated rings. The first-order chi connectivity index (χ1) is 15.6. The molecule has 1 saturated heterocycles. The van der Waals surface area contributed by atoms with Crippen LogP contribution < -0.4 is 10.6 Å². The minimum Gasteiger partial charge on any atom is -0.381 e. The summed E-state index contributed by atoms with van der Waals surface area (Å²) in [5.41, 5.74) is 3.40. The predicted molar refractivity (Wildman–Crippen MR) is 142 cm³/mol. The first kappa shape index (κ1) is 27.1. The zero-order valence-electron chi connectivity index (χ0n) is 19.5. The van der Waals surface area contributed by atoms with Gasteiger partial charge in [-0.2, -0.15) is 0 Å². The molecule has 0 bridgehead atoms. The van der Waals surface area contributed by atoms with E-state index in [-0.39, 0.29) is 36.4 Å². The van der Waals surface area contributed by atoms with Crippen molar-refractivity contribution in [2.24, 2.45) is 4.99 Å². The molecule has 0 aliphatic carbocycles. The van der Waals surface area contributed by atoms with Crippen LogP contribution in [-0.2, 0) is 34.0 Å². The summed E-state index contributed by atoms with van der Waals surface area (Å²) in [5.74, 6) is 0.601. The molecule has 3 rings (SSSR count). The number of carbonyl (C=O) groups excluding carboxylic acids is 1. The van der Waals surface area contributed by atoms with Crippen LogP contribution in [0.3, 0.4) is 0 Å². The van der Waals surface area contributed by atoms with Gasteiger partial charge >= 0.3 is 0 Å². The number of guanidine groups is 1. The number of hydrogen-bond acceptors (Lipinski definition) is 4. The third kappa shape index (κ3) is 10.1. The van der Waals surface area contributed by atoms with E-state index in [1.807, 2.05) is 30.3 Å². The Hall–Kier alpha value is -2.17. The smallest absolute Gasteiger partial charge is 0.241 e. The van der Waals surface area contributed by atoms with Crippen molar-refractivity contribution in [1.82, 2.24) is 15.5 Å². The lowest BCUT2D eigenvalue weighted by atomic mass is 10.1. The number of nitrogens with one attached hydrogen (secondary N) is 2. The van der Waals surface area contributed by atoms with Gasteiger partial charge in [0.05, 0.1) is 25.8 Å². The molecule has 2 N–H and O–H groups in total. The van der Waals surface area contributed by atoms with Crippen LogP contribution in [0.25, 0.3) is 0 Å².